The summed E-state index contributed by atoms with van der Waals surface area (Å²) >= 11 is 0. The maximum Gasteiger partial charge on any atom is 0.472 e. The first-order valence-electron chi connectivity index (χ1n) is 32.9. The molecule has 3 atom stereocenters. The Bertz CT molecular complexity index is 1320. The van der Waals surface area contributed by atoms with Crippen LogP contribution in [0.5, 0.6) is 0 Å². The molecular formula is C66H130N2O6P+. The largest absolute Gasteiger partial charge is 0.472 e. The van der Waals surface area contributed by atoms with E-state index in [1.54, 1.807) is 6.08 Å². The number of aliphatic hydroxyl groups excluding tert-OH is 1. The Labute approximate surface area is 467 Å². The SMILES string of the molecule is CCCCCCCCCCCCCCCCCC/C=C/CC/C=C/CC/C=C/C(O)C(COP(=O)(O)OCC[N+](C)(C)C)NC(=O)CCCCCCCCCCCCCCCCCCCCCCCCCCCCC. The first-order valence-corrected chi connectivity index (χ1v) is 34.4. The number of carbonyl (C=O) groups excluding carboxylic acids is 1. The van der Waals surface area contributed by atoms with Crippen LogP contribution in [-0.2, 0) is 18.4 Å². The maximum absolute atomic E-state index is 13.0. The minimum Gasteiger partial charge on any atom is -0.387 e. The van der Waals surface area contributed by atoms with Crippen LogP contribution in [0.25, 0.3) is 0 Å². The number of rotatable bonds is 61. The van der Waals surface area contributed by atoms with Crippen LogP contribution < -0.4 is 5.32 Å². The fraction of sp³-hybridized carbons (Fsp3) is 0.894. The van der Waals surface area contributed by atoms with Crippen LogP contribution in [0.3, 0.4) is 0 Å². The monoisotopic (exact) mass is 1080 g/mol. The molecule has 0 aliphatic carbocycles. The molecule has 0 fully saturated rings. The van der Waals surface area contributed by atoms with Gasteiger partial charge in [0.05, 0.1) is 39.9 Å². The van der Waals surface area contributed by atoms with Crippen LogP contribution in [0.4, 0.5) is 0 Å². The number of hydrogen-bond donors (Lipinski definition) is 3. The van der Waals surface area contributed by atoms with Gasteiger partial charge in [0.25, 0.3) is 0 Å². The number of allylic oxidation sites excluding steroid dienone is 5. The quantitative estimate of drug-likeness (QED) is 0.0243. The van der Waals surface area contributed by atoms with E-state index in [0.29, 0.717) is 17.4 Å². The second kappa shape index (κ2) is 57.4. The molecule has 0 aliphatic rings. The summed E-state index contributed by atoms with van der Waals surface area (Å²) in [5.74, 6) is -0.184. The number of phosphoric ester groups is 1. The van der Waals surface area contributed by atoms with Crippen molar-refractivity contribution in [3.8, 4) is 0 Å². The Morgan fingerprint density at radius 3 is 1.07 bits per heavy atom. The van der Waals surface area contributed by atoms with E-state index in [2.05, 4.69) is 43.5 Å². The molecule has 3 unspecified atom stereocenters. The number of nitrogens with zero attached hydrogens (tertiary/aromatic N) is 1. The molecule has 3 N–H and O–H groups in total. The third kappa shape index (κ3) is 60.2. The average Bonchev–Trinajstić information content (AvgIpc) is 3.37. The second-order valence-electron chi connectivity index (χ2n) is 23.8. The van der Waals surface area contributed by atoms with Crippen molar-refractivity contribution >= 4 is 13.7 Å². The van der Waals surface area contributed by atoms with Gasteiger partial charge in [0.15, 0.2) is 0 Å². The normalized spacial score (nSPS) is 14.0. The number of hydrogen-bond acceptors (Lipinski definition) is 5. The highest BCUT2D eigenvalue weighted by molar-refractivity contribution is 7.47. The van der Waals surface area contributed by atoms with E-state index < -0.39 is 20.0 Å². The fourth-order valence-electron chi connectivity index (χ4n) is 9.96. The van der Waals surface area contributed by atoms with Gasteiger partial charge in [-0.3, -0.25) is 13.8 Å². The van der Waals surface area contributed by atoms with E-state index in [9.17, 15) is 19.4 Å². The van der Waals surface area contributed by atoms with Gasteiger partial charge in [-0.25, -0.2) is 4.57 Å². The van der Waals surface area contributed by atoms with Gasteiger partial charge in [-0.1, -0.05) is 314 Å². The molecule has 0 heterocycles. The lowest BCUT2D eigenvalue weighted by Gasteiger charge is -2.25. The van der Waals surface area contributed by atoms with Gasteiger partial charge in [-0.2, -0.15) is 0 Å². The third-order valence-corrected chi connectivity index (χ3v) is 16.1. The molecule has 0 saturated carbocycles. The molecule has 75 heavy (non-hydrogen) atoms. The molecule has 0 radical (unpaired) electrons. The highest BCUT2D eigenvalue weighted by atomic mass is 31.2. The number of likely N-dealkylation sites (N-methyl/N-ethyl adjacent to an activating group) is 1. The maximum atomic E-state index is 13.0. The smallest absolute Gasteiger partial charge is 0.387 e. The van der Waals surface area contributed by atoms with E-state index in [4.69, 9.17) is 9.05 Å². The number of amides is 1. The van der Waals surface area contributed by atoms with E-state index in [1.807, 2.05) is 27.2 Å². The molecule has 8 nitrogen and oxygen atoms in total. The molecule has 0 aromatic heterocycles. The molecule has 0 aromatic carbocycles. The van der Waals surface area contributed by atoms with Crippen molar-refractivity contribution in [1.82, 2.24) is 5.32 Å². The highest BCUT2D eigenvalue weighted by Crippen LogP contribution is 2.43. The summed E-state index contributed by atoms with van der Waals surface area (Å²) in [6, 6.07) is -0.869. The van der Waals surface area contributed by atoms with E-state index in [1.165, 1.54) is 263 Å². The molecule has 0 aliphatic heterocycles. The Kier molecular flexibility index (Phi) is 56.4. The van der Waals surface area contributed by atoms with Gasteiger partial charge in [-0.15, -0.1) is 0 Å². The summed E-state index contributed by atoms with van der Waals surface area (Å²) in [4.78, 5) is 23.4. The molecule has 1 amide bonds. The van der Waals surface area contributed by atoms with Gasteiger partial charge in [0, 0.05) is 6.42 Å². The van der Waals surface area contributed by atoms with Crippen molar-refractivity contribution in [3.63, 3.8) is 0 Å². The minimum absolute atomic E-state index is 0.0553. The minimum atomic E-state index is -4.36. The Morgan fingerprint density at radius 2 is 0.733 bits per heavy atom. The number of carbonyl (C=O) groups is 1. The first-order chi connectivity index (χ1) is 36.5. The summed E-state index contributed by atoms with van der Waals surface area (Å²) in [6.45, 7) is 4.84. The molecule has 444 valence electrons. The zero-order chi connectivity index (χ0) is 54.9. The lowest BCUT2D eigenvalue weighted by Crippen LogP contribution is -2.45. The van der Waals surface area contributed by atoms with Gasteiger partial charge in [-0.05, 0) is 44.9 Å². The van der Waals surface area contributed by atoms with Gasteiger partial charge < -0.3 is 19.8 Å². The fourth-order valence-corrected chi connectivity index (χ4v) is 10.7. The standard InChI is InChI=1S/C66H129N2O6P/c1-6-8-10-12-14-16-18-20-22-24-26-28-30-32-34-36-38-40-42-44-46-48-50-52-54-56-58-60-66(70)67-64(63-74-75(71,72)73-62-61-68(3,4)5)65(69)59-57-55-53-51-49-47-45-43-41-39-37-35-33-31-29-27-25-23-21-19-17-15-13-11-9-7-2/h41,43,49,51,57,59,64-65,69H,6-40,42,44-48,50,52-56,58,60-63H2,1-5H3,(H-,67,70,71,72)/p+1/b43-41+,51-49+,59-57+. The topological polar surface area (TPSA) is 105 Å². The molecule has 9 heteroatoms. The van der Waals surface area contributed by atoms with E-state index in [-0.39, 0.29) is 19.1 Å². The zero-order valence-corrected chi connectivity index (χ0v) is 51.7. The summed E-state index contributed by atoms with van der Waals surface area (Å²) in [6.07, 6.45) is 75.7. The molecule has 0 saturated heterocycles. The van der Waals surface area contributed by atoms with Crippen molar-refractivity contribution in [2.24, 2.45) is 0 Å². The van der Waals surface area contributed by atoms with Crippen LogP contribution in [-0.4, -0.2) is 73.4 Å². The predicted octanol–water partition coefficient (Wildman–Crippen LogP) is 20.5. The van der Waals surface area contributed by atoms with Crippen molar-refractivity contribution in [2.45, 2.75) is 341 Å². The lowest BCUT2D eigenvalue weighted by molar-refractivity contribution is -0.870. The highest BCUT2D eigenvalue weighted by Gasteiger charge is 2.28. The summed E-state index contributed by atoms with van der Waals surface area (Å²) in [5, 5.41) is 14.0. The Hall–Kier alpha value is -1.28. The summed E-state index contributed by atoms with van der Waals surface area (Å²) in [7, 11) is 1.56. The summed E-state index contributed by atoms with van der Waals surface area (Å²) < 4.78 is 23.8. The summed E-state index contributed by atoms with van der Waals surface area (Å²) in [5.41, 5.74) is 0. The second-order valence-corrected chi connectivity index (χ2v) is 25.3. The van der Waals surface area contributed by atoms with E-state index >= 15 is 0 Å². The lowest BCUT2D eigenvalue weighted by atomic mass is 10.0. The Morgan fingerprint density at radius 1 is 0.440 bits per heavy atom. The number of aliphatic hydroxyl groups is 1. The number of phosphoric acid groups is 1. The first kappa shape index (κ1) is 73.7. The third-order valence-electron chi connectivity index (χ3n) is 15.1. The number of nitrogens with one attached hydrogen (secondary N) is 1. The van der Waals surface area contributed by atoms with Crippen LogP contribution >= 0.6 is 7.82 Å². The van der Waals surface area contributed by atoms with Crippen molar-refractivity contribution < 1.29 is 32.9 Å². The van der Waals surface area contributed by atoms with Gasteiger partial charge in [0.2, 0.25) is 5.91 Å². The van der Waals surface area contributed by atoms with Crippen molar-refractivity contribution in [1.29, 1.82) is 0 Å². The molecular weight excluding hydrogens is 948 g/mol. The van der Waals surface area contributed by atoms with Crippen LogP contribution in [0.1, 0.15) is 328 Å². The van der Waals surface area contributed by atoms with E-state index in [0.717, 1.165) is 44.9 Å². The zero-order valence-electron chi connectivity index (χ0n) is 50.8. The molecule has 0 spiro atoms. The Balaban J connectivity index is 4.15. The van der Waals surface area contributed by atoms with Crippen molar-refractivity contribution in [3.05, 3.63) is 36.5 Å². The average molecular weight is 1080 g/mol. The van der Waals surface area contributed by atoms with Crippen LogP contribution in [0.2, 0.25) is 0 Å². The van der Waals surface area contributed by atoms with Crippen LogP contribution in [0, 0.1) is 0 Å². The molecule has 0 bridgehead atoms. The van der Waals surface area contributed by atoms with Gasteiger partial charge in [0.1, 0.15) is 13.2 Å². The number of unbranched alkanes of at least 4 members (excludes halogenated alkanes) is 44. The molecule has 0 rings (SSSR count). The predicted molar refractivity (Wildman–Crippen MR) is 328 cm³/mol. The van der Waals surface area contributed by atoms with Crippen LogP contribution in [0.15, 0.2) is 36.5 Å². The number of quaternary nitrogens is 1. The van der Waals surface area contributed by atoms with Crippen molar-refractivity contribution in [2.75, 3.05) is 40.9 Å². The molecule has 0 aromatic rings. The van der Waals surface area contributed by atoms with Gasteiger partial charge >= 0.3 is 7.82 Å².